The molecule has 1 amide bonds. The van der Waals surface area contributed by atoms with Crippen molar-refractivity contribution in [2.24, 2.45) is 0 Å². The van der Waals surface area contributed by atoms with E-state index in [2.05, 4.69) is 5.32 Å². The number of para-hydroxylation sites is 1. The van der Waals surface area contributed by atoms with Gasteiger partial charge in [-0.1, -0.05) is 23.7 Å². The summed E-state index contributed by atoms with van der Waals surface area (Å²) in [7, 11) is 1.78. The largest absolute Gasteiger partial charge is 0.490 e. The molecule has 1 fully saturated rings. The number of carbonyl (C=O) groups excluding carboxylic acids is 1. The van der Waals surface area contributed by atoms with Crippen molar-refractivity contribution in [1.82, 2.24) is 10.2 Å². The van der Waals surface area contributed by atoms with Gasteiger partial charge in [-0.05, 0) is 12.1 Å². The van der Waals surface area contributed by atoms with Crippen LogP contribution in [0.4, 0.5) is 0 Å². The second kappa shape index (κ2) is 8.22. The number of nitrogens with one attached hydrogen (secondary N) is 1. The molecule has 0 spiro atoms. The first kappa shape index (κ1) is 16.1. The molecule has 5 nitrogen and oxygen atoms in total. The number of hydrogen-bond acceptors (Lipinski definition) is 4. The number of hydrogen-bond donors (Lipinski definition) is 1. The van der Waals surface area contributed by atoms with Crippen LogP contribution in [0, 0.1) is 0 Å². The van der Waals surface area contributed by atoms with Crippen LogP contribution in [0.25, 0.3) is 0 Å². The number of morpholine rings is 1. The third-order valence-electron chi connectivity index (χ3n) is 3.37. The van der Waals surface area contributed by atoms with Gasteiger partial charge in [0.15, 0.2) is 0 Å². The van der Waals surface area contributed by atoms with Crippen LogP contribution in [0.1, 0.15) is 6.42 Å². The van der Waals surface area contributed by atoms with Gasteiger partial charge in [-0.2, -0.15) is 0 Å². The van der Waals surface area contributed by atoms with Gasteiger partial charge in [-0.15, -0.1) is 0 Å². The van der Waals surface area contributed by atoms with Crippen molar-refractivity contribution in [2.75, 3.05) is 40.0 Å². The summed E-state index contributed by atoms with van der Waals surface area (Å²) in [5.74, 6) is 0.725. The van der Waals surface area contributed by atoms with Crippen molar-refractivity contribution >= 4 is 17.5 Å². The van der Waals surface area contributed by atoms with Crippen molar-refractivity contribution in [3.05, 3.63) is 29.3 Å². The maximum absolute atomic E-state index is 12.1. The van der Waals surface area contributed by atoms with E-state index in [9.17, 15) is 4.79 Å². The first-order valence-corrected chi connectivity index (χ1v) is 7.47. The molecule has 1 aromatic rings. The molecule has 0 aliphatic carbocycles. The zero-order chi connectivity index (χ0) is 15.1. The predicted molar refractivity (Wildman–Crippen MR) is 81.8 cm³/mol. The second-order valence-electron chi connectivity index (χ2n) is 5.02. The van der Waals surface area contributed by atoms with E-state index in [0.717, 1.165) is 6.54 Å². The molecule has 1 unspecified atom stereocenters. The summed E-state index contributed by atoms with van der Waals surface area (Å²) in [5.41, 5.74) is 0. The van der Waals surface area contributed by atoms with Crippen molar-refractivity contribution < 1.29 is 14.3 Å². The molecule has 1 aromatic carbocycles. The Kier molecular flexibility index (Phi) is 6.29. The first-order valence-electron chi connectivity index (χ1n) is 7.09. The van der Waals surface area contributed by atoms with Crippen LogP contribution in [-0.2, 0) is 9.53 Å². The lowest BCUT2D eigenvalue weighted by molar-refractivity contribution is -0.131. The number of likely N-dealkylation sites (N-methyl/N-ethyl adjacent to an activating group) is 1. The molecule has 0 radical (unpaired) electrons. The van der Waals surface area contributed by atoms with Crippen LogP contribution >= 0.6 is 11.6 Å². The van der Waals surface area contributed by atoms with Crippen LogP contribution in [-0.4, -0.2) is 56.8 Å². The van der Waals surface area contributed by atoms with Gasteiger partial charge in [0, 0.05) is 26.1 Å². The number of amides is 1. The van der Waals surface area contributed by atoms with Crippen LogP contribution in [0.5, 0.6) is 5.75 Å². The van der Waals surface area contributed by atoms with E-state index < -0.39 is 0 Å². The monoisotopic (exact) mass is 312 g/mol. The highest BCUT2D eigenvalue weighted by Crippen LogP contribution is 2.22. The zero-order valence-corrected chi connectivity index (χ0v) is 12.9. The van der Waals surface area contributed by atoms with E-state index in [0.29, 0.717) is 43.6 Å². The Morgan fingerprint density at radius 1 is 1.52 bits per heavy atom. The third-order valence-corrected chi connectivity index (χ3v) is 3.68. The van der Waals surface area contributed by atoms with E-state index >= 15 is 0 Å². The van der Waals surface area contributed by atoms with E-state index in [1.807, 2.05) is 18.2 Å². The summed E-state index contributed by atoms with van der Waals surface area (Å²) in [6.07, 6.45) is 0.447. The van der Waals surface area contributed by atoms with Crippen molar-refractivity contribution in [1.29, 1.82) is 0 Å². The van der Waals surface area contributed by atoms with Crippen LogP contribution in [0.2, 0.25) is 5.02 Å². The van der Waals surface area contributed by atoms with Gasteiger partial charge in [0.1, 0.15) is 12.4 Å². The van der Waals surface area contributed by atoms with Crippen molar-refractivity contribution in [3.63, 3.8) is 0 Å². The molecule has 1 aliphatic rings. The van der Waals surface area contributed by atoms with Crippen molar-refractivity contribution in [3.8, 4) is 5.75 Å². The van der Waals surface area contributed by atoms with E-state index in [4.69, 9.17) is 21.1 Å². The van der Waals surface area contributed by atoms with E-state index in [1.165, 1.54) is 0 Å². The maximum Gasteiger partial charge on any atom is 0.224 e. The maximum atomic E-state index is 12.1. The normalized spacial score (nSPS) is 18.3. The number of carbonyl (C=O) groups is 1. The number of nitrogens with zero attached hydrogens (tertiary/aromatic N) is 1. The smallest absolute Gasteiger partial charge is 0.224 e. The summed E-state index contributed by atoms with van der Waals surface area (Å²) in [6.45, 7) is 3.05. The fraction of sp³-hybridized carbons (Fsp3) is 0.533. The van der Waals surface area contributed by atoms with E-state index in [1.54, 1.807) is 18.0 Å². The lowest BCUT2D eigenvalue weighted by Crippen LogP contribution is -2.45. The first-order chi connectivity index (χ1) is 10.2. The average molecular weight is 313 g/mol. The Morgan fingerprint density at radius 2 is 2.33 bits per heavy atom. The number of benzene rings is 1. The molecule has 6 heteroatoms. The molecule has 116 valence electrons. The fourth-order valence-electron chi connectivity index (χ4n) is 2.10. The molecule has 21 heavy (non-hydrogen) atoms. The van der Waals surface area contributed by atoms with Gasteiger partial charge in [-0.3, -0.25) is 4.79 Å². The molecule has 1 saturated heterocycles. The molecular weight excluding hydrogens is 292 g/mol. The van der Waals surface area contributed by atoms with Crippen molar-refractivity contribution in [2.45, 2.75) is 12.5 Å². The Balaban J connectivity index is 1.70. The lowest BCUT2D eigenvalue weighted by Gasteiger charge is -2.25. The highest BCUT2D eigenvalue weighted by molar-refractivity contribution is 6.32. The molecule has 1 atom stereocenters. The SMILES string of the molecule is CN(CCOc1ccccc1Cl)C(=O)CC1COCCN1. The Labute approximate surface area is 130 Å². The quantitative estimate of drug-likeness (QED) is 0.866. The molecule has 2 rings (SSSR count). The molecule has 0 bridgehead atoms. The standard InChI is InChI=1S/C15H21ClN2O3/c1-18(15(19)10-12-11-20-8-6-17-12)7-9-21-14-5-3-2-4-13(14)16/h2-5,12,17H,6-11H2,1H3. The van der Waals surface area contributed by atoms with Gasteiger partial charge < -0.3 is 19.7 Å². The molecule has 0 saturated carbocycles. The number of halogens is 1. The number of rotatable bonds is 6. The van der Waals surface area contributed by atoms with Gasteiger partial charge in [0.2, 0.25) is 5.91 Å². The number of ether oxygens (including phenoxy) is 2. The Morgan fingerprint density at radius 3 is 3.05 bits per heavy atom. The summed E-state index contributed by atoms with van der Waals surface area (Å²) in [6, 6.07) is 7.42. The Hall–Kier alpha value is -1.30. The topological polar surface area (TPSA) is 50.8 Å². The molecule has 1 N–H and O–H groups in total. The summed E-state index contributed by atoms with van der Waals surface area (Å²) < 4.78 is 10.9. The lowest BCUT2D eigenvalue weighted by atomic mass is 10.2. The van der Waals surface area contributed by atoms with Gasteiger partial charge >= 0.3 is 0 Å². The Bertz CT molecular complexity index is 464. The van der Waals surface area contributed by atoms with Gasteiger partial charge in [-0.25, -0.2) is 0 Å². The summed E-state index contributed by atoms with van der Waals surface area (Å²) >= 11 is 6.00. The molecule has 0 aromatic heterocycles. The van der Waals surface area contributed by atoms with Gasteiger partial charge in [0.25, 0.3) is 0 Å². The highest BCUT2D eigenvalue weighted by Gasteiger charge is 2.19. The van der Waals surface area contributed by atoms with Crippen LogP contribution in [0.3, 0.4) is 0 Å². The molecular formula is C15H21ClN2O3. The molecule has 1 heterocycles. The minimum atomic E-state index is 0.0840. The fourth-order valence-corrected chi connectivity index (χ4v) is 2.29. The minimum Gasteiger partial charge on any atom is -0.490 e. The minimum absolute atomic E-state index is 0.0840. The highest BCUT2D eigenvalue weighted by atomic mass is 35.5. The summed E-state index contributed by atoms with van der Waals surface area (Å²) in [4.78, 5) is 13.7. The zero-order valence-electron chi connectivity index (χ0n) is 12.2. The summed E-state index contributed by atoms with van der Waals surface area (Å²) in [5, 5.41) is 3.85. The predicted octanol–water partition coefficient (Wildman–Crippen LogP) is 1.56. The second-order valence-corrected chi connectivity index (χ2v) is 5.43. The third kappa shape index (κ3) is 5.19. The van der Waals surface area contributed by atoms with E-state index in [-0.39, 0.29) is 11.9 Å². The van der Waals surface area contributed by atoms with Crippen LogP contribution in [0.15, 0.2) is 24.3 Å². The average Bonchev–Trinajstić information content (AvgIpc) is 2.50. The van der Waals surface area contributed by atoms with Crippen LogP contribution < -0.4 is 10.1 Å². The molecule has 1 aliphatic heterocycles. The van der Waals surface area contributed by atoms with Gasteiger partial charge in [0.05, 0.1) is 24.8 Å².